The minimum Gasteiger partial charge on any atom is -0.357 e. The normalized spacial score (nSPS) is 16.5. The molecule has 2 aromatic rings. The Hall–Kier alpha value is -2.38. The lowest BCUT2D eigenvalue weighted by Gasteiger charge is -2.32. The average Bonchev–Trinajstić information content (AvgIpc) is 3.13. The van der Waals surface area contributed by atoms with Crippen LogP contribution in [-0.2, 0) is 6.54 Å². The van der Waals surface area contributed by atoms with E-state index in [4.69, 9.17) is 0 Å². The van der Waals surface area contributed by atoms with E-state index >= 15 is 0 Å². The van der Waals surface area contributed by atoms with Crippen molar-refractivity contribution in [3.63, 3.8) is 0 Å². The van der Waals surface area contributed by atoms with E-state index in [1.807, 2.05) is 19.1 Å². The molecule has 0 unspecified atom stereocenters. The van der Waals surface area contributed by atoms with Crippen molar-refractivity contribution >= 4 is 16.8 Å². The number of nitrogens with one attached hydrogen (secondary N) is 2. The van der Waals surface area contributed by atoms with Gasteiger partial charge in [-0.2, -0.15) is 0 Å². The van der Waals surface area contributed by atoms with Gasteiger partial charge in [-0.15, -0.1) is 0 Å². The van der Waals surface area contributed by atoms with Crippen molar-refractivity contribution in [2.24, 2.45) is 0 Å². The Morgan fingerprint density at radius 1 is 1.31 bits per heavy atom. The van der Waals surface area contributed by atoms with Gasteiger partial charge in [0.2, 0.25) is 0 Å². The maximum Gasteiger partial charge on any atom is 0.275 e. The number of aromatic amines is 1. The fourth-order valence-corrected chi connectivity index (χ4v) is 3.23. The Morgan fingerprint density at radius 3 is 2.81 bits per heavy atom. The Balaban J connectivity index is 1.70. The summed E-state index contributed by atoms with van der Waals surface area (Å²) in [4.78, 5) is 32.8. The smallest absolute Gasteiger partial charge is 0.275 e. The molecule has 0 radical (unpaired) electrons. The molecule has 1 saturated heterocycles. The first kappa shape index (κ1) is 18.4. The number of rotatable bonds is 6. The molecule has 140 valence electrons. The highest BCUT2D eigenvalue weighted by atomic mass is 16.2. The summed E-state index contributed by atoms with van der Waals surface area (Å²) in [5.41, 5.74) is 0.891. The van der Waals surface area contributed by atoms with Crippen molar-refractivity contribution in [1.29, 1.82) is 0 Å². The van der Waals surface area contributed by atoms with Crippen LogP contribution in [0.5, 0.6) is 0 Å². The molecule has 3 heterocycles. The summed E-state index contributed by atoms with van der Waals surface area (Å²) < 4.78 is 1.56. The van der Waals surface area contributed by atoms with Crippen LogP contribution < -0.4 is 10.9 Å². The third kappa shape index (κ3) is 4.05. The Bertz CT molecular complexity index is 843. The van der Waals surface area contributed by atoms with E-state index in [0.717, 1.165) is 32.7 Å². The molecule has 0 aromatic carbocycles. The molecule has 3 rings (SSSR count). The molecule has 1 amide bonds. The molecular weight excluding hydrogens is 330 g/mol. The number of fused-ring (bicyclic) bond motifs is 1. The van der Waals surface area contributed by atoms with E-state index in [2.05, 4.69) is 27.1 Å². The Morgan fingerprint density at radius 2 is 2.08 bits per heavy atom. The van der Waals surface area contributed by atoms with Crippen LogP contribution >= 0.6 is 0 Å². The number of nitrogens with zero attached hydrogens (tertiary/aromatic N) is 3. The maximum atomic E-state index is 12.7. The molecule has 0 bridgehead atoms. The van der Waals surface area contributed by atoms with Gasteiger partial charge < -0.3 is 19.8 Å². The van der Waals surface area contributed by atoms with Crippen LogP contribution in [-0.4, -0.2) is 71.6 Å². The predicted octanol–water partition coefficient (Wildman–Crippen LogP) is 0.883. The number of hydrogen-bond donors (Lipinski definition) is 2. The Labute approximate surface area is 153 Å². The molecule has 0 spiro atoms. The molecule has 26 heavy (non-hydrogen) atoms. The second kappa shape index (κ2) is 8.33. The zero-order chi connectivity index (χ0) is 18.5. The lowest BCUT2D eigenvalue weighted by atomic mass is 10.1. The number of pyridine rings is 1. The summed E-state index contributed by atoms with van der Waals surface area (Å²) in [5.74, 6) is -0.141. The summed E-state index contributed by atoms with van der Waals surface area (Å²) in [7, 11) is 2.13. The van der Waals surface area contributed by atoms with Gasteiger partial charge in [-0.3, -0.25) is 14.5 Å². The zero-order valence-corrected chi connectivity index (χ0v) is 15.5. The predicted molar refractivity (Wildman–Crippen MR) is 104 cm³/mol. The number of aromatic nitrogens is 2. The molecule has 1 fully saturated rings. The van der Waals surface area contributed by atoms with Crippen molar-refractivity contribution in [1.82, 2.24) is 24.7 Å². The highest BCUT2D eigenvalue weighted by Gasteiger charge is 2.17. The molecule has 2 aromatic heterocycles. The molecule has 7 heteroatoms. The van der Waals surface area contributed by atoms with Crippen molar-refractivity contribution < 1.29 is 4.79 Å². The van der Waals surface area contributed by atoms with Crippen LogP contribution in [0.3, 0.4) is 0 Å². The number of piperazine rings is 1. The topological polar surface area (TPSA) is 73.4 Å². The van der Waals surface area contributed by atoms with E-state index in [1.54, 1.807) is 23.0 Å². The van der Waals surface area contributed by atoms with Crippen LogP contribution in [0.25, 0.3) is 10.9 Å². The fraction of sp³-hybridized carbons (Fsp3) is 0.474. The molecule has 2 N–H and O–H groups in total. The van der Waals surface area contributed by atoms with Gasteiger partial charge in [-0.1, -0.05) is 12.2 Å². The number of carbonyl (C=O) groups is 1. The first-order valence-corrected chi connectivity index (χ1v) is 9.11. The SMILES string of the molecule is CC=CCn1cc(C(=O)NCCN2CCN(C)CC2)c2cc[nH]c2c1=O. The van der Waals surface area contributed by atoms with Crippen molar-refractivity contribution in [2.45, 2.75) is 13.5 Å². The molecular formula is C19H27N5O2. The molecule has 1 aliphatic heterocycles. The van der Waals surface area contributed by atoms with Crippen LogP contribution in [0.1, 0.15) is 17.3 Å². The second-order valence-electron chi connectivity index (χ2n) is 6.74. The molecule has 0 saturated carbocycles. The van der Waals surface area contributed by atoms with E-state index in [0.29, 0.717) is 29.6 Å². The molecule has 0 aliphatic carbocycles. The Kier molecular flexibility index (Phi) is 5.90. The maximum absolute atomic E-state index is 12.7. The van der Waals surface area contributed by atoms with Crippen molar-refractivity contribution in [3.8, 4) is 0 Å². The number of likely N-dealkylation sites (N-methyl/N-ethyl adjacent to an activating group) is 1. The molecule has 7 nitrogen and oxygen atoms in total. The number of amides is 1. The lowest BCUT2D eigenvalue weighted by molar-refractivity contribution is 0.0942. The van der Waals surface area contributed by atoms with Gasteiger partial charge in [0, 0.05) is 63.6 Å². The zero-order valence-electron chi connectivity index (χ0n) is 15.5. The van der Waals surface area contributed by atoms with Gasteiger partial charge in [-0.25, -0.2) is 0 Å². The first-order valence-electron chi connectivity index (χ1n) is 9.11. The third-order valence-corrected chi connectivity index (χ3v) is 4.89. The highest BCUT2D eigenvalue weighted by molar-refractivity contribution is 6.05. The van der Waals surface area contributed by atoms with Gasteiger partial charge in [0.1, 0.15) is 5.52 Å². The van der Waals surface area contributed by atoms with Crippen molar-refractivity contribution in [3.05, 3.63) is 46.5 Å². The summed E-state index contributed by atoms with van der Waals surface area (Å²) in [6.07, 6.45) is 7.14. The van der Waals surface area contributed by atoms with Gasteiger partial charge >= 0.3 is 0 Å². The van der Waals surface area contributed by atoms with E-state index in [9.17, 15) is 9.59 Å². The summed E-state index contributed by atoms with van der Waals surface area (Å²) in [6.45, 7) is 7.99. The summed E-state index contributed by atoms with van der Waals surface area (Å²) >= 11 is 0. The van der Waals surface area contributed by atoms with E-state index in [-0.39, 0.29) is 11.5 Å². The van der Waals surface area contributed by atoms with Gasteiger partial charge in [-0.05, 0) is 20.0 Å². The summed E-state index contributed by atoms with van der Waals surface area (Å²) in [6, 6.07) is 1.78. The minimum absolute atomic E-state index is 0.114. The van der Waals surface area contributed by atoms with Crippen molar-refractivity contribution in [2.75, 3.05) is 46.3 Å². The van der Waals surface area contributed by atoms with Crippen LogP contribution in [0.15, 0.2) is 35.4 Å². The quantitative estimate of drug-likeness (QED) is 0.753. The lowest BCUT2D eigenvalue weighted by Crippen LogP contribution is -2.47. The van der Waals surface area contributed by atoms with Crippen LogP contribution in [0, 0.1) is 0 Å². The van der Waals surface area contributed by atoms with Crippen LogP contribution in [0.2, 0.25) is 0 Å². The standard InChI is InChI=1S/C19H27N5O2/c1-3-4-8-24-14-16(15-5-6-20-17(15)19(24)26)18(25)21-7-9-23-12-10-22(2)11-13-23/h3-6,14,20H,7-13H2,1-2H3,(H,21,25). The number of allylic oxidation sites excluding steroid dienone is 2. The van der Waals surface area contributed by atoms with Gasteiger partial charge in [0.15, 0.2) is 0 Å². The first-order chi connectivity index (χ1) is 12.6. The average molecular weight is 357 g/mol. The number of H-pyrrole nitrogens is 1. The molecule has 0 atom stereocenters. The monoisotopic (exact) mass is 357 g/mol. The number of hydrogen-bond acceptors (Lipinski definition) is 4. The molecule has 1 aliphatic rings. The summed E-state index contributed by atoms with van der Waals surface area (Å²) in [5, 5.41) is 3.67. The van der Waals surface area contributed by atoms with Gasteiger partial charge in [0.25, 0.3) is 11.5 Å². The minimum atomic E-state index is -0.141. The second-order valence-corrected chi connectivity index (χ2v) is 6.74. The van der Waals surface area contributed by atoms with Gasteiger partial charge in [0.05, 0.1) is 5.56 Å². The fourth-order valence-electron chi connectivity index (χ4n) is 3.23. The van der Waals surface area contributed by atoms with E-state index in [1.165, 1.54) is 0 Å². The van der Waals surface area contributed by atoms with E-state index < -0.39 is 0 Å². The third-order valence-electron chi connectivity index (χ3n) is 4.89. The van der Waals surface area contributed by atoms with Crippen LogP contribution in [0.4, 0.5) is 0 Å². The highest BCUT2D eigenvalue weighted by Crippen LogP contribution is 2.14. The largest absolute Gasteiger partial charge is 0.357 e. The number of carbonyl (C=O) groups excluding carboxylic acids is 1.